The van der Waals surface area contributed by atoms with Crippen LogP contribution in [0.4, 0.5) is 0 Å². The fourth-order valence-corrected chi connectivity index (χ4v) is 1.66. The first-order chi connectivity index (χ1) is 9.02. The molecule has 5 nitrogen and oxygen atoms in total. The summed E-state index contributed by atoms with van der Waals surface area (Å²) in [6.07, 6.45) is 0. The van der Waals surface area contributed by atoms with Gasteiger partial charge >= 0.3 is 0 Å². The highest BCUT2D eigenvalue weighted by atomic mass is 35.5. The maximum Gasteiger partial charge on any atom is 0.277 e. The Hall–Kier alpha value is -1.59. The van der Waals surface area contributed by atoms with Crippen LogP contribution in [0.15, 0.2) is 24.3 Å². The number of benzene rings is 1. The maximum atomic E-state index is 11.8. The Balaban J connectivity index is 2.36. The van der Waals surface area contributed by atoms with Crippen LogP contribution in [0.5, 0.6) is 0 Å². The highest BCUT2D eigenvalue weighted by Gasteiger charge is 2.12. The van der Waals surface area contributed by atoms with Crippen molar-refractivity contribution in [3.63, 3.8) is 0 Å². The molecule has 0 radical (unpaired) electrons. The third kappa shape index (κ3) is 5.72. The second kappa shape index (κ2) is 7.76. The molecular weight excluding hydrogens is 266 g/mol. The monoisotopic (exact) mass is 284 g/mol. The predicted molar refractivity (Wildman–Crippen MR) is 73.7 cm³/mol. The van der Waals surface area contributed by atoms with Gasteiger partial charge in [0.25, 0.3) is 11.8 Å². The smallest absolute Gasteiger partial charge is 0.277 e. The number of likely N-dealkylation sites (N-methyl/N-ethyl adjacent to an activating group) is 2. The van der Waals surface area contributed by atoms with E-state index in [4.69, 9.17) is 11.6 Å². The van der Waals surface area contributed by atoms with Crippen molar-refractivity contribution in [2.45, 2.75) is 6.54 Å². The van der Waals surface area contributed by atoms with Gasteiger partial charge in [0.15, 0.2) is 13.1 Å². The van der Waals surface area contributed by atoms with Crippen LogP contribution < -0.4 is 10.6 Å². The van der Waals surface area contributed by atoms with E-state index in [1.165, 1.54) is 0 Å². The first kappa shape index (κ1) is 15.5. The van der Waals surface area contributed by atoms with Gasteiger partial charge in [0, 0.05) is 25.7 Å². The van der Waals surface area contributed by atoms with Gasteiger partial charge in [0.05, 0.1) is 0 Å². The van der Waals surface area contributed by atoms with E-state index < -0.39 is 0 Å². The van der Waals surface area contributed by atoms with Crippen LogP contribution in [0.1, 0.15) is 5.56 Å². The number of nitrogens with zero attached hydrogens (tertiary/aromatic N) is 1. The molecule has 19 heavy (non-hydrogen) atoms. The van der Waals surface area contributed by atoms with E-state index >= 15 is 0 Å². The molecule has 0 aliphatic carbocycles. The first-order valence-electron chi connectivity index (χ1n) is 6.03. The minimum absolute atomic E-state index is 0.0150. The lowest BCUT2D eigenvalue weighted by Crippen LogP contribution is -2.88. The minimum atomic E-state index is -0.0897. The van der Waals surface area contributed by atoms with Crippen molar-refractivity contribution in [1.29, 1.82) is 0 Å². The average Bonchev–Trinajstić information content (AvgIpc) is 2.40. The normalized spacial score (nSPS) is 10.1. The molecular formula is C13H19ClN3O2+. The van der Waals surface area contributed by atoms with E-state index in [0.717, 1.165) is 5.56 Å². The molecule has 1 rings (SSSR count). The van der Waals surface area contributed by atoms with Crippen molar-refractivity contribution < 1.29 is 14.9 Å². The standard InChI is InChI=1S/C13H18ClN3O2/c1-15-12(18)7-16-8-13(19)17(2)9-10-3-5-11(14)6-4-10/h3-6,16H,7-9H2,1-2H3,(H,15,18)/p+1. The fourth-order valence-electron chi connectivity index (χ4n) is 1.54. The molecule has 6 heteroatoms. The van der Waals surface area contributed by atoms with Gasteiger partial charge in [-0.3, -0.25) is 9.59 Å². The second-order valence-corrected chi connectivity index (χ2v) is 4.68. The van der Waals surface area contributed by atoms with Gasteiger partial charge < -0.3 is 15.5 Å². The molecule has 104 valence electrons. The number of carbonyl (C=O) groups is 2. The third-order valence-corrected chi connectivity index (χ3v) is 2.94. The SMILES string of the molecule is CNC(=O)C[NH2+]CC(=O)N(C)Cc1ccc(Cl)cc1. The summed E-state index contributed by atoms with van der Waals surface area (Å²) >= 11 is 5.80. The van der Waals surface area contributed by atoms with Gasteiger partial charge in [-0.2, -0.15) is 0 Å². The molecule has 0 saturated heterocycles. The minimum Gasteiger partial charge on any atom is -0.354 e. The van der Waals surface area contributed by atoms with Crippen molar-refractivity contribution in [1.82, 2.24) is 10.2 Å². The highest BCUT2D eigenvalue weighted by molar-refractivity contribution is 6.30. The van der Waals surface area contributed by atoms with Gasteiger partial charge in [-0.25, -0.2) is 0 Å². The number of nitrogens with two attached hydrogens (primary N) is 1. The molecule has 0 spiro atoms. The first-order valence-corrected chi connectivity index (χ1v) is 6.41. The van der Waals surface area contributed by atoms with E-state index in [9.17, 15) is 9.59 Å². The van der Waals surface area contributed by atoms with Crippen molar-refractivity contribution >= 4 is 23.4 Å². The van der Waals surface area contributed by atoms with Gasteiger partial charge in [-0.05, 0) is 17.7 Å². The summed E-state index contributed by atoms with van der Waals surface area (Å²) in [6.45, 7) is 1.05. The van der Waals surface area contributed by atoms with Crippen LogP contribution in [0.25, 0.3) is 0 Å². The summed E-state index contributed by atoms with van der Waals surface area (Å²) in [7, 11) is 3.31. The molecule has 0 aromatic heterocycles. The van der Waals surface area contributed by atoms with Gasteiger partial charge in [-0.15, -0.1) is 0 Å². The molecule has 0 saturated carbocycles. The summed E-state index contributed by atoms with van der Waals surface area (Å²) in [5.41, 5.74) is 1.02. The highest BCUT2D eigenvalue weighted by Crippen LogP contribution is 2.10. The summed E-state index contributed by atoms with van der Waals surface area (Å²) in [4.78, 5) is 24.5. The van der Waals surface area contributed by atoms with E-state index in [1.807, 2.05) is 12.1 Å². The number of hydrogen-bond donors (Lipinski definition) is 2. The molecule has 0 fully saturated rings. The second-order valence-electron chi connectivity index (χ2n) is 4.25. The molecule has 3 N–H and O–H groups in total. The number of carbonyl (C=O) groups excluding carboxylic acids is 2. The Bertz CT molecular complexity index is 434. The lowest BCUT2D eigenvalue weighted by Gasteiger charge is -2.16. The maximum absolute atomic E-state index is 11.8. The van der Waals surface area contributed by atoms with Crippen molar-refractivity contribution in [2.75, 3.05) is 27.2 Å². The summed E-state index contributed by atoms with van der Waals surface area (Å²) in [5, 5.41) is 4.86. The fraction of sp³-hybridized carbons (Fsp3) is 0.385. The Labute approximate surface area is 117 Å². The van der Waals surface area contributed by atoms with Crippen LogP contribution in [0.2, 0.25) is 5.02 Å². The molecule has 0 bridgehead atoms. The molecule has 1 aromatic rings. The van der Waals surface area contributed by atoms with Gasteiger partial charge in [0.1, 0.15) is 0 Å². The summed E-state index contributed by atoms with van der Waals surface area (Å²) in [6, 6.07) is 7.38. The lowest BCUT2D eigenvalue weighted by atomic mass is 10.2. The van der Waals surface area contributed by atoms with E-state index in [1.54, 1.807) is 36.4 Å². The molecule has 0 atom stereocenters. The van der Waals surface area contributed by atoms with E-state index in [2.05, 4.69) is 5.32 Å². The largest absolute Gasteiger partial charge is 0.354 e. The molecule has 0 unspecified atom stereocenters. The summed E-state index contributed by atoms with van der Waals surface area (Å²) in [5.74, 6) is -0.105. The van der Waals surface area contributed by atoms with Crippen LogP contribution >= 0.6 is 11.6 Å². The molecule has 0 heterocycles. The number of rotatable bonds is 6. The van der Waals surface area contributed by atoms with E-state index in [-0.39, 0.29) is 24.9 Å². The van der Waals surface area contributed by atoms with Crippen LogP contribution in [0.3, 0.4) is 0 Å². The Kier molecular flexibility index (Phi) is 6.32. The van der Waals surface area contributed by atoms with Crippen molar-refractivity contribution in [3.8, 4) is 0 Å². The van der Waals surface area contributed by atoms with Crippen LogP contribution in [0, 0.1) is 0 Å². The Morgan fingerprint density at radius 1 is 1.26 bits per heavy atom. The molecule has 2 amide bonds. The van der Waals surface area contributed by atoms with E-state index in [0.29, 0.717) is 11.6 Å². The summed E-state index contributed by atoms with van der Waals surface area (Å²) < 4.78 is 0. The van der Waals surface area contributed by atoms with Crippen molar-refractivity contribution in [2.24, 2.45) is 0 Å². The third-order valence-electron chi connectivity index (χ3n) is 2.69. The number of amides is 2. The predicted octanol–water partition coefficient (Wildman–Crippen LogP) is -0.392. The van der Waals surface area contributed by atoms with Gasteiger partial charge in [0.2, 0.25) is 0 Å². The molecule has 0 aliphatic heterocycles. The van der Waals surface area contributed by atoms with Gasteiger partial charge in [-0.1, -0.05) is 23.7 Å². The number of quaternary nitrogens is 1. The zero-order chi connectivity index (χ0) is 14.3. The Morgan fingerprint density at radius 3 is 2.47 bits per heavy atom. The zero-order valence-corrected chi connectivity index (χ0v) is 11.9. The molecule has 1 aromatic carbocycles. The number of nitrogens with one attached hydrogen (secondary N) is 1. The van der Waals surface area contributed by atoms with Crippen LogP contribution in [-0.2, 0) is 16.1 Å². The number of halogens is 1. The lowest BCUT2D eigenvalue weighted by molar-refractivity contribution is -0.633. The average molecular weight is 285 g/mol. The Morgan fingerprint density at radius 2 is 1.89 bits per heavy atom. The topological polar surface area (TPSA) is 66.0 Å². The number of hydrogen-bond acceptors (Lipinski definition) is 2. The van der Waals surface area contributed by atoms with Crippen molar-refractivity contribution in [3.05, 3.63) is 34.9 Å². The quantitative estimate of drug-likeness (QED) is 0.747. The van der Waals surface area contributed by atoms with Crippen LogP contribution in [-0.4, -0.2) is 43.9 Å². The zero-order valence-electron chi connectivity index (χ0n) is 11.1. The molecule has 0 aliphatic rings.